The summed E-state index contributed by atoms with van der Waals surface area (Å²) in [6.45, 7) is 5.46. The maximum atomic E-state index is 12.2. The van der Waals surface area contributed by atoms with Crippen molar-refractivity contribution in [1.82, 2.24) is 9.78 Å². The first-order valence-corrected chi connectivity index (χ1v) is 7.44. The molecule has 0 bridgehead atoms. The van der Waals surface area contributed by atoms with Crippen LogP contribution in [0.3, 0.4) is 0 Å². The van der Waals surface area contributed by atoms with Gasteiger partial charge in [-0.1, -0.05) is 26.8 Å². The van der Waals surface area contributed by atoms with Gasteiger partial charge in [0.25, 0.3) is 11.5 Å². The summed E-state index contributed by atoms with van der Waals surface area (Å²) in [5.41, 5.74) is 0.418. The fraction of sp³-hybridized carbons (Fsp3) is 0.294. The normalized spacial score (nSPS) is 11.0. The molecule has 0 spiro atoms. The van der Waals surface area contributed by atoms with E-state index in [1.807, 2.05) is 20.8 Å². The first kappa shape index (κ1) is 17.4. The predicted octanol–water partition coefficient (Wildman–Crippen LogP) is 2.02. The van der Waals surface area contributed by atoms with Gasteiger partial charge in [-0.15, -0.1) is 0 Å². The van der Waals surface area contributed by atoms with Gasteiger partial charge in [0.1, 0.15) is 5.69 Å². The van der Waals surface area contributed by atoms with Crippen LogP contribution >= 0.6 is 0 Å². The van der Waals surface area contributed by atoms with Gasteiger partial charge in [-0.05, 0) is 24.3 Å². The van der Waals surface area contributed by atoms with Crippen LogP contribution in [0, 0.1) is 5.41 Å². The minimum Gasteiger partial charge on any atom is -0.326 e. The summed E-state index contributed by atoms with van der Waals surface area (Å²) in [4.78, 5) is 35.5. The lowest BCUT2D eigenvalue weighted by Crippen LogP contribution is -2.27. The van der Waals surface area contributed by atoms with Crippen molar-refractivity contribution in [3.63, 3.8) is 0 Å². The smallest absolute Gasteiger partial charge is 0.276 e. The molecule has 0 fully saturated rings. The molecular weight excluding hydrogens is 308 g/mol. The zero-order chi connectivity index (χ0) is 17.9. The number of aryl methyl sites for hydroxylation is 1. The van der Waals surface area contributed by atoms with Gasteiger partial charge in [0.05, 0.1) is 0 Å². The van der Waals surface area contributed by atoms with Crippen LogP contribution < -0.4 is 16.2 Å². The summed E-state index contributed by atoms with van der Waals surface area (Å²) < 4.78 is 1.09. The fourth-order valence-corrected chi connectivity index (χ4v) is 1.81. The van der Waals surface area contributed by atoms with Gasteiger partial charge in [0.2, 0.25) is 5.91 Å². The van der Waals surface area contributed by atoms with E-state index in [4.69, 9.17) is 0 Å². The van der Waals surface area contributed by atoms with Crippen LogP contribution in [-0.4, -0.2) is 21.6 Å². The van der Waals surface area contributed by atoms with E-state index in [0.29, 0.717) is 11.4 Å². The van der Waals surface area contributed by atoms with Crippen LogP contribution in [0.25, 0.3) is 0 Å². The number of hydrogen-bond donors (Lipinski definition) is 2. The molecule has 2 N–H and O–H groups in total. The summed E-state index contributed by atoms with van der Waals surface area (Å²) in [5.74, 6) is -0.560. The van der Waals surface area contributed by atoms with E-state index in [1.165, 1.54) is 19.2 Å². The van der Waals surface area contributed by atoms with Crippen LogP contribution in [0.1, 0.15) is 31.3 Å². The Hall–Kier alpha value is -2.96. The van der Waals surface area contributed by atoms with Crippen LogP contribution in [0.5, 0.6) is 0 Å². The monoisotopic (exact) mass is 328 g/mol. The van der Waals surface area contributed by atoms with E-state index in [-0.39, 0.29) is 17.2 Å². The standard InChI is InChI=1S/C17H20N4O3/c1-17(2,3)16(24)19-12-7-5-6-11(10-12)18-15(23)13-8-9-14(22)21(4)20-13/h5-10H,1-4H3,(H,18,23)(H,19,24). The van der Waals surface area contributed by atoms with Crippen molar-refractivity contribution < 1.29 is 9.59 Å². The number of benzene rings is 1. The van der Waals surface area contributed by atoms with E-state index >= 15 is 0 Å². The van der Waals surface area contributed by atoms with Crippen molar-refractivity contribution >= 4 is 23.2 Å². The minimum atomic E-state index is -0.516. The second-order valence-corrected chi connectivity index (χ2v) is 6.42. The van der Waals surface area contributed by atoms with Gasteiger partial charge >= 0.3 is 0 Å². The van der Waals surface area contributed by atoms with Crippen LogP contribution in [-0.2, 0) is 11.8 Å². The van der Waals surface area contributed by atoms with Crippen molar-refractivity contribution in [1.29, 1.82) is 0 Å². The lowest BCUT2D eigenvalue weighted by molar-refractivity contribution is -0.123. The van der Waals surface area contributed by atoms with E-state index in [1.54, 1.807) is 24.3 Å². The van der Waals surface area contributed by atoms with E-state index in [2.05, 4.69) is 15.7 Å². The van der Waals surface area contributed by atoms with Crippen LogP contribution in [0.4, 0.5) is 11.4 Å². The maximum Gasteiger partial charge on any atom is 0.276 e. The van der Waals surface area contributed by atoms with Gasteiger partial charge in [-0.25, -0.2) is 4.68 Å². The number of hydrogen-bond acceptors (Lipinski definition) is 4. The van der Waals surface area contributed by atoms with Crippen LogP contribution in [0.15, 0.2) is 41.2 Å². The molecule has 0 unspecified atom stereocenters. The van der Waals surface area contributed by atoms with Gasteiger partial charge in [-0.2, -0.15) is 5.10 Å². The Bertz CT molecular complexity index is 834. The average Bonchev–Trinajstić information content (AvgIpc) is 2.49. The molecule has 0 atom stereocenters. The Balaban J connectivity index is 2.14. The molecule has 1 aromatic carbocycles. The molecule has 7 heteroatoms. The number of nitrogens with zero attached hydrogens (tertiary/aromatic N) is 2. The predicted molar refractivity (Wildman–Crippen MR) is 92.0 cm³/mol. The Labute approximate surface area is 139 Å². The minimum absolute atomic E-state index is 0.120. The van der Waals surface area contributed by atoms with Crippen molar-refractivity contribution in [3.05, 3.63) is 52.4 Å². The Kier molecular flexibility index (Phi) is 4.82. The van der Waals surface area contributed by atoms with Gasteiger partial charge in [0, 0.05) is 29.9 Å². The lowest BCUT2D eigenvalue weighted by Gasteiger charge is -2.18. The molecule has 0 saturated heterocycles. The van der Waals surface area contributed by atoms with E-state index in [9.17, 15) is 14.4 Å². The SMILES string of the molecule is Cn1nc(C(=O)Nc2cccc(NC(=O)C(C)(C)C)c2)ccc1=O. The molecule has 126 valence electrons. The molecule has 1 aromatic heterocycles. The number of anilines is 2. The third kappa shape index (κ3) is 4.28. The van der Waals surface area contributed by atoms with Crippen molar-refractivity contribution in [2.45, 2.75) is 20.8 Å². The molecule has 1 heterocycles. The topological polar surface area (TPSA) is 93.1 Å². The number of amides is 2. The highest BCUT2D eigenvalue weighted by Gasteiger charge is 2.21. The molecule has 2 rings (SSSR count). The summed E-state index contributed by atoms with van der Waals surface area (Å²) >= 11 is 0. The number of nitrogens with one attached hydrogen (secondary N) is 2. The van der Waals surface area contributed by atoms with E-state index in [0.717, 1.165) is 4.68 Å². The molecule has 7 nitrogen and oxygen atoms in total. The third-order valence-electron chi connectivity index (χ3n) is 3.25. The zero-order valence-electron chi connectivity index (χ0n) is 14.1. The van der Waals surface area contributed by atoms with Gasteiger partial charge < -0.3 is 10.6 Å². The highest BCUT2D eigenvalue weighted by molar-refractivity contribution is 6.03. The Morgan fingerprint density at radius 1 is 1.04 bits per heavy atom. The number of rotatable bonds is 3. The summed E-state index contributed by atoms with van der Waals surface area (Å²) in [6, 6.07) is 9.47. The van der Waals surface area contributed by atoms with Crippen molar-refractivity contribution in [3.8, 4) is 0 Å². The van der Waals surface area contributed by atoms with Crippen LogP contribution in [0.2, 0.25) is 0 Å². The summed E-state index contributed by atoms with van der Waals surface area (Å²) in [6.07, 6.45) is 0. The average molecular weight is 328 g/mol. The maximum absolute atomic E-state index is 12.2. The van der Waals surface area contributed by atoms with Gasteiger partial charge in [-0.3, -0.25) is 14.4 Å². The van der Waals surface area contributed by atoms with Crippen molar-refractivity contribution in [2.24, 2.45) is 12.5 Å². The summed E-state index contributed by atoms with van der Waals surface area (Å²) in [5, 5.41) is 9.38. The molecule has 24 heavy (non-hydrogen) atoms. The fourth-order valence-electron chi connectivity index (χ4n) is 1.81. The third-order valence-corrected chi connectivity index (χ3v) is 3.25. The molecule has 2 amide bonds. The highest BCUT2D eigenvalue weighted by Crippen LogP contribution is 2.20. The largest absolute Gasteiger partial charge is 0.326 e. The first-order valence-electron chi connectivity index (χ1n) is 7.44. The molecular formula is C17H20N4O3. The lowest BCUT2D eigenvalue weighted by atomic mass is 9.95. The summed E-state index contributed by atoms with van der Waals surface area (Å²) in [7, 11) is 1.47. The molecule has 0 saturated carbocycles. The second-order valence-electron chi connectivity index (χ2n) is 6.42. The zero-order valence-corrected chi connectivity index (χ0v) is 14.1. The van der Waals surface area contributed by atoms with E-state index < -0.39 is 11.3 Å². The Morgan fingerprint density at radius 3 is 2.25 bits per heavy atom. The van der Waals surface area contributed by atoms with Crippen molar-refractivity contribution in [2.75, 3.05) is 10.6 Å². The Morgan fingerprint density at radius 2 is 1.67 bits per heavy atom. The quantitative estimate of drug-likeness (QED) is 0.901. The number of carbonyl (C=O) groups is 2. The molecule has 2 aromatic rings. The first-order chi connectivity index (χ1) is 11.2. The number of carbonyl (C=O) groups excluding carboxylic acids is 2. The number of aromatic nitrogens is 2. The van der Waals surface area contributed by atoms with Gasteiger partial charge in [0.15, 0.2) is 0 Å². The molecule has 0 aliphatic heterocycles. The molecule has 0 aliphatic carbocycles. The highest BCUT2D eigenvalue weighted by atomic mass is 16.2. The second kappa shape index (κ2) is 6.66. The molecule has 0 radical (unpaired) electrons. The molecule has 0 aliphatic rings.